The van der Waals surface area contributed by atoms with Crippen LogP contribution in [0.4, 0.5) is 0 Å². The summed E-state index contributed by atoms with van der Waals surface area (Å²) in [5.41, 5.74) is 2.81. The van der Waals surface area contributed by atoms with Gasteiger partial charge in [0.1, 0.15) is 0 Å². The normalized spacial score (nSPS) is 27.4. The summed E-state index contributed by atoms with van der Waals surface area (Å²) in [6.45, 7) is 4.43. The molecular formula is C10H11S. The second kappa shape index (κ2) is 2.56. The Hall–Kier alpha value is -0.430. The highest BCUT2D eigenvalue weighted by Gasteiger charge is 2.21. The summed E-state index contributed by atoms with van der Waals surface area (Å²) in [5.74, 6) is 0.627. The van der Waals surface area contributed by atoms with E-state index in [-0.39, 0.29) is 0 Å². The van der Waals surface area contributed by atoms with Crippen LogP contribution in [0.3, 0.4) is 0 Å². The number of rotatable bonds is 1. The molecule has 0 aromatic heterocycles. The SMILES string of the molecule is CC(C)C1=[C]C2SC=CC2=C1. The minimum absolute atomic E-state index is 0.521. The van der Waals surface area contributed by atoms with Crippen LogP contribution in [0.5, 0.6) is 0 Å². The maximum absolute atomic E-state index is 3.48. The molecule has 1 atom stereocenters. The quantitative estimate of drug-likeness (QED) is 0.572. The zero-order valence-electron chi connectivity index (χ0n) is 6.79. The first-order chi connectivity index (χ1) is 5.27. The molecule has 0 bridgehead atoms. The summed E-state index contributed by atoms with van der Waals surface area (Å²) in [7, 11) is 0. The molecule has 0 aromatic carbocycles. The predicted octanol–water partition coefficient (Wildman–Crippen LogP) is 2.94. The molecule has 0 saturated heterocycles. The second-order valence-corrected chi connectivity index (χ2v) is 4.23. The molecule has 0 spiro atoms. The fourth-order valence-electron chi connectivity index (χ4n) is 1.31. The van der Waals surface area contributed by atoms with E-state index in [4.69, 9.17) is 0 Å². The molecule has 11 heavy (non-hydrogen) atoms. The van der Waals surface area contributed by atoms with Crippen molar-refractivity contribution in [1.29, 1.82) is 0 Å². The molecule has 1 heteroatoms. The monoisotopic (exact) mass is 163 g/mol. The Morgan fingerprint density at radius 2 is 2.36 bits per heavy atom. The molecule has 2 aliphatic rings. The number of hydrogen-bond acceptors (Lipinski definition) is 1. The molecule has 1 aliphatic heterocycles. The topological polar surface area (TPSA) is 0 Å². The number of allylic oxidation sites excluding steroid dienone is 3. The summed E-state index contributed by atoms with van der Waals surface area (Å²) < 4.78 is 0. The fourth-order valence-corrected chi connectivity index (χ4v) is 2.21. The zero-order chi connectivity index (χ0) is 7.84. The molecule has 1 radical (unpaired) electrons. The van der Waals surface area contributed by atoms with Crippen molar-refractivity contribution in [2.75, 3.05) is 0 Å². The molecule has 1 unspecified atom stereocenters. The van der Waals surface area contributed by atoms with E-state index in [1.165, 1.54) is 11.1 Å². The van der Waals surface area contributed by atoms with Gasteiger partial charge in [0.05, 0.1) is 5.25 Å². The summed E-state index contributed by atoms with van der Waals surface area (Å²) in [6, 6.07) is 0. The molecule has 57 valence electrons. The van der Waals surface area contributed by atoms with Gasteiger partial charge in [-0.2, -0.15) is 0 Å². The van der Waals surface area contributed by atoms with Gasteiger partial charge in [0.15, 0.2) is 0 Å². The lowest BCUT2D eigenvalue weighted by atomic mass is 10.1. The third-order valence-corrected chi connectivity index (χ3v) is 2.98. The van der Waals surface area contributed by atoms with Gasteiger partial charge < -0.3 is 0 Å². The Morgan fingerprint density at radius 1 is 1.55 bits per heavy atom. The Labute approximate surface area is 72.1 Å². The van der Waals surface area contributed by atoms with Crippen LogP contribution in [0, 0.1) is 12.0 Å². The lowest BCUT2D eigenvalue weighted by Crippen LogP contribution is -1.91. The standard InChI is InChI=1S/C10H11S/c1-7(2)9-5-8-3-4-11-10(8)6-9/h3-5,7,10H,1-2H3. The second-order valence-electron chi connectivity index (χ2n) is 3.22. The summed E-state index contributed by atoms with van der Waals surface area (Å²) in [5, 5.41) is 2.67. The smallest absolute Gasteiger partial charge is 0.0594 e. The van der Waals surface area contributed by atoms with Crippen LogP contribution in [-0.2, 0) is 0 Å². The molecule has 2 rings (SSSR count). The van der Waals surface area contributed by atoms with Crippen molar-refractivity contribution in [3.63, 3.8) is 0 Å². The Kier molecular flexibility index (Phi) is 1.68. The van der Waals surface area contributed by atoms with E-state index in [9.17, 15) is 0 Å². The minimum atomic E-state index is 0.521. The minimum Gasteiger partial charge on any atom is -0.121 e. The van der Waals surface area contributed by atoms with Crippen LogP contribution >= 0.6 is 11.8 Å². The maximum atomic E-state index is 3.48. The first-order valence-electron chi connectivity index (χ1n) is 3.94. The Bertz CT molecular complexity index is 256. The van der Waals surface area contributed by atoms with Crippen molar-refractivity contribution in [1.82, 2.24) is 0 Å². The highest BCUT2D eigenvalue weighted by Crippen LogP contribution is 2.37. The van der Waals surface area contributed by atoms with E-state index >= 15 is 0 Å². The van der Waals surface area contributed by atoms with Gasteiger partial charge in [-0.3, -0.25) is 0 Å². The molecule has 1 heterocycles. The third kappa shape index (κ3) is 1.18. The van der Waals surface area contributed by atoms with Crippen molar-refractivity contribution in [2.45, 2.75) is 19.1 Å². The van der Waals surface area contributed by atoms with Gasteiger partial charge in [0, 0.05) is 0 Å². The molecular weight excluding hydrogens is 152 g/mol. The van der Waals surface area contributed by atoms with Crippen molar-refractivity contribution >= 4 is 11.8 Å². The predicted molar refractivity (Wildman–Crippen MR) is 50.2 cm³/mol. The van der Waals surface area contributed by atoms with Gasteiger partial charge in [-0.15, -0.1) is 11.8 Å². The lowest BCUT2D eigenvalue weighted by Gasteiger charge is -2.01. The van der Waals surface area contributed by atoms with Crippen molar-refractivity contribution < 1.29 is 0 Å². The van der Waals surface area contributed by atoms with Gasteiger partial charge in [-0.25, -0.2) is 0 Å². The molecule has 1 aliphatic carbocycles. The van der Waals surface area contributed by atoms with E-state index in [1.807, 2.05) is 11.8 Å². The van der Waals surface area contributed by atoms with E-state index in [2.05, 4.69) is 37.5 Å². The van der Waals surface area contributed by atoms with Crippen molar-refractivity contribution in [3.8, 4) is 0 Å². The van der Waals surface area contributed by atoms with Crippen LogP contribution in [0.1, 0.15) is 13.8 Å². The summed E-state index contributed by atoms with van der Waals surface area (Å²) >= 11 is 1.85. The average Bonchev–Trinajstić information content (AvgIpc) is 2.40. The van der Waals surface area contributed by atoms with Crippen LogP contribution in [0.25, 0.3) is 0 Å². The van der Waals surface area contributed by atoms with Crippen LogP contribution < -0.4 is 0 Å². The van der Waals surface area contributed by atoms with Crippen LogP contribution in [0.2, 0.25) is 0 Å². The van der Waals surface area contributed by atoms with Gasteiger partial charge in [-0.1, -0.05) is 26.0 Å². The van der Waals surface area contributed by atoms with E-state index in [0.717, 1.165) is 0 Å². The number of hydrogen-bond donors (Lipinski definition) is 0. The number of fused-ring (bicyclic) bond motifs is 1. The molecule has 0 saturated carbocycles. The highest BCUT2D eigenvalue weighted by atomic mass is 32.2. The van der Waals surface area contributed by atoms with Gasteiger partial charge in [-0.05, 0) is 28.5 Å². The zero-order valence-corrected chi connectivity index (χ0v) is 7.61. The van der Waals surface area contributed by atoms with Gasteiger partial charge >= 0.3 is 0 Å². The van der Waals surface area contributed by atoms with E-state index in [1.54, 1.807) is 0 Å². The lowest BCUT2D eigenvalue weighted by molar-refractivity contribution is 0.789. The molecule has 0 N–H and O–H groups in total. The highest BCUT2D eigenvalue weighted by molar-refractivity contribution is 8.03. The molecule has 0 aromatic rings. The molecule has 0 amide bonds. The molecule has 0 fully saturated rings. The van der Waals surface area contributed by atoms with Crippen molar-refractivity contribution in [3.05, 3.63) is 34.8 Å². The van der Waals surface area contributed by atoms with Crippen LogP contribution in [0.15, 0.2) is 28.7 Å². The molecule has 0 nitrogen and oxygen atoms in total. The third-order valence-electron chi connectivity index (χ3n) is 2.02. The first-order valence-corrected chi connectivity index (χ1v) is 4.88. The Morgan fingerprint density at radius 3 is 3.00 bits per heavy atom. The maximum Gasteiger partial charge on any atom is 0.0594 e. The van der Waals surface area contributed by atoms with Gasteiger partial charge in [0.25, 0.3) is 0 Å². The fraction of sp³-hybridized carbons (Fsp3) is 0.400. The summed E-state index contributed by atoms with van der Waals surface area (Å²) in [6.07, 6.45) is 7.94. The Balaban J connectivity index is 2.24. The average molecular weight is 163 g/mol. The largest absolute Gasteiger partial charge is 0.121 e. The van der Waals surface area contributed by atoms with E-state index < -0.39 is 0 Å². The van der Waals surface area contributed by atoms with Crippen molar-refractivity contribution in [2.24, 2.45) is 5.92 Å². The van der Waals surface area contributed by atoms with Gasteiger partial charge in [0.2, 0.25) is 0 Å². The summed E-state index contributed by atoms with van der Waals surface area (Å²) in [4.78, 5) is 0. The van der Waals surface area contributed by atoms with E-state index in [0.29, 0.717) is 11.2 Å². The number of thioether (sulfide) groups is 1. The first kappa shape index (κ1) is 7.23. The van der Waals surface area contributed by atoms with Crippen LogP contribution in [-0.4, -0.2) is 5.25 Å².